The van der Waals surface area contributed by atoms with E-state index in [1.54, 1.807) is 0 Å². The lowest BCUT2D eigenvalue weighted by Crippen LogP contribution is -1.92. The van der Waals surface area contributed by atoms with Crippen molar-refractivity contribution in [3.05, 3.63) is 96.6 Å². The van der Waals surface area contributed by atoms with Crippen LogP contribution in [0.25, 0.3) is 22.8 Å². The molecule has 0 radical (unpaired) electrons. The molecule has 0 aliphatic heterocycles. The van der Waals surface area contributed by atoms with Gasteiger partial charge in [0.2, 0.25) is 0 Å². The Morgan fingerprint density at radius 2 is 0.844 bits per heavy atom. The molecule has 0 saturated heterocycles. The summed E-state index contributed by atoms with van der Waals surface area (Å²) in [4.78, 5) is 17.7. The lowest BCUT2D eigenvalue weighted by molar-refractivity contribution is 0.594. The highest BCUT2D eigenvalue weighted by Gasteiger charge is 2.03. The highest BCUT2D eigenvalue weighted by atomic mass is 14.8. The van der Waals surface area contributed by atoms with Gasteiger partial charge in [0.15, 0.2) is 0 Å². The lowest BCUT2D eigenvalue weighted by atomic mass is 10.0. The fraction of sp³-hybridized carbons (Fsp3) is 0.286. The first-order chi connectivity index (χ1) is 15.9. The van der Waals surface area contributed by atoms with Crippen molar-refractivity contribution in [3.8, 4) is 22.8 Å². The second-order valence-electron chi connectivity index (χ2n) is 8.15. The zero-order chi connectivity index (χ0) is 21.8. The van der Waals surface area contributed by atoms with Gasteiger partial charge < -0.3 is 0 Å². The molecule has 0 aromatic carbocycles. The third kappa shape index (κ3) is 6.55. The summed E-state index contributed by atoms with van der Waals surface area (Å²) in [5.41, 5.74) is 6.51. The monoisotopic (exact) mass is 422 g/mol. The van der Waals surface area contributed by atoms with E-state index >= 15 is 0 Å². The minimum atomic E-state index is 0.940. The minimum absolute atomic E-state index is 0.940. The molecular weight excluding hydrogens is 392 g/mol. The molecular formula is C28H30N4. The molecule has 0 spiro atoms. The van der Waals surface area contributed by atoms with Gasteiger partial charge in [-0.25, -0.2) is 0 Å². The Morgan fingerprint density at radius 3 is 1.28 bits per heavy atom. The van der Waals surface area contributed by atoms with Gasteiger partial charge in [-0.3, -0.25) is 19.9 Å². The van der Waals surface area contributed by atoms with Crippen molar-refractivity contribution in [3.63, 3.8) is 0 Å². The SMILES string of the molecule is c1ccc(-c2cc(CCCCCCCCc3ccnc(-c4ccccn4)c3)ccn2)nc1. The van der Waals surface area contributed by atoms with Crippen LogP contribution in [0.2, 0.25) is 0 Å². The summed E-state index contributed by atoms with van der Waals surface area (Å²) in [7, 11) is 0. The van der Waals surface area contributed by atoms with Crippen LogP contribution < -0.4 is 0 Å². The molecule has 0 bridgehead atoms. The van der Waals surface area contributed by atoms with Crippen LogP contribution >= 0.6 is 0 Å². The van der Waals surface area contributed by atoms with Gasteiger partial charge in [0.05, 0.1) is 22.8 Å². The molecule has 0 amide bonds. The zero-order valence-corrected chi connectivity index (χ0v) is 18.5. The number of unbranched alkanes of at least 4 members (excludes halogenated alkanes) is 5. The molecule has 0 N–H and O–H groups in total. The number of hydrogen-bond acceptors (Lipinski definition) is 4. The Labute approximate surface area is 190 Å². The van der Waals surface area contributed by atoms with Crippen LogP contribution in [0.4, 0.5) is 0 Å². The summed E-state index contributed by atoms with van der Waals surface area (Å²) < 4.78 is 0. The molecule has 4 rings (SSSR count). The van der Waals surface area contributed by atoms with Gasteiger partial charge in [-0.05, 0) is 85.3 Å². The van der Waals surface area contributed by atoms with E-state index in [4.69, 9.17) is 0 Å². The van der Waals surface area contributed by atoms with Crippen molar-refractivity contribution in [1.82, 2.24) is 19.9 Å². The molecule has 32 heavy (non-hydrogen) atoms. The van der Waals surface area contributed by atoms with Gasteiger partial charge >= 0.3 is 0 Å². The van der Waals surface area contributed by atoms with Crippen LogP contribution in [0.1, 0.15) is 49.7 Å². The van der Waals surface area contributed by atoms with E-state index < -0.39 is 0 Å². The number of rotatable bonds is 11. The van der Waals surface area contributed by atoms with E-state index in [0.29, 0.717) is 0 Å². The maximum Gasteiger partial charge on any atom is 0.0888 e. The molecule has 162 valence electrons. The lowest BCUT2D eigenvalue weighted by Gasteiger charge is -2.06. The van der Waals surface area contributed by atoms with Crippen molar-refractivity contribution in [2.24, 2.45) is 0 Å². The quantitative estimate of drug-likeness (QED) is 0.252. The number of nitrogens with zero attached hydrogens (tertiary/aromatic N) is 4. The van der Waals surface area contributed by atoms with Crippen molar-refractivity contribution >= 4 is 0 Å². The molecule has 4 nitrogen and oxygen atoms in total. The molecule has 0 aliphatic carbocycles. The summed E-state index contributed by atoms with van der Waals surface area (Å²) in [6.45, 7) is 0. The molecule has 4 aromatic rings. The number of hydrogen-bond donors (Lipinski definition) is 0. The van der Waals surface area contributed by atoms with Crippen LogP contribution in [-0.2, 0) is 12.8 Å². The van der Waals surface area contributed by atoms with Crippen LogP contribution in [0.3, 0.4) is 0 Å². The first-order valence-electron chi connectivity index (χ1n) is 11.6. The minimum Gasteiger partial charge on any atom is -0.255 e. The third-order valence-electron chi connectivity index (χ3n) is 5.68. The van der Waals surface area contributed by atoms with Crippen molar-refractivity contribution in [2.45, 2.75) is 51.4 Å². The number of aryl methyl sites for hydroxylation is 2. The summed E-state index contributed by atoms with van der Waals surface area (Å²) in [5.74, 6) is 0. The predicted molar refractivity (Wildman–Crippen MR) is 130 cm³/mol. The summed E-state index contributed by atoms with van der Waals surface area (Å²) in [6, 6.07) is 20.5. The second-order valence-corrected chi connectivity index (χ2v) is 8.15. The average Bonchev–Trinajstić information content (AvgIpc) is 2.87. The standard InChI is InChI=1S/C28H30N4/c1(3-5-11-23-15-19-31-27(21-23)25-13-7-9-17-29-25)2-4-6-12-24-16-20-32-28(22-24)26-14-8-10-18-30-26/h7-10,13-22H,1-6,11-12H2. The molecule has 0 unspecified atom stereocenters. The zero-order valence-electron chi connectivity index (χ0n) is 18.5. The maximum absolute atomic E-state index is 4.47. The van der Waals surface area contributed by atoms with E-state index in [1.807, 2.05) is 61.2 Å². The van der Waals surface area contributed by atoms with Crippen LogP contribution in [0, 0.1) is 0 Å². The van der Waals surface area contributed by atoms with E-state index in [1.165, 1.54) is 49.7 Å². The predicted octanol–water partition coefficient (Wildman–Crippen LogP) is 6.73. The van der Waals surface area contributed by atoms with E-state index in [-0.39, 0.29) is 0 Å². The third-order valence-corrected chi connectivity index (χ3v) is 5.68. The second kappa shape index (κ2) is 11.8. The number of aromatic nitrogens is 4. The molecule has 4 heteroatoms. The highest BCUT2D eigenvalue weighted by Crippen LogP contribution is 2.18. The molecule has 0 fully saturated rings. The summed E-state index contributed by atoms with van der Waals surface area (Å²) in [6.07, 6.45) is 17.3. The fourth-order valence-electron chi connectivity index (χ4n) is 3.93. The Bertz CT molecular complexity index is 992. The van der Waals surface area contributed by atoms with Crippen molar-refractivity contribution < 1.29 is 0 Å². The van der Waals surface area contributed by atoms with Gasteiger partial charge in [0.1, 0.15) is 0 Å². The Hall–Kier alpha value is -3.40. The first kappa shape index (κ1) is 21.8. The van der Waals surface area contributed by atoms with Crippen LogP contribution in [0.15, 0.2) is 85.5 Å². The normalized spacial score (nSPS) is 10.9. The molecule has 0 saturated carbocycles. The molecule has 4 aromatic heterocycles. The smallest absolute Gasteiger partial charge is 0.0888 e. The number of pyridine rings is 4. The molecule has 0 aliphatic rings. The average molecular weight is 423 g/mol. The Morgan fingerprint density at radius 1 is 0.406 bits per heavy atom. The fourth-order valence-corrected chi connectivity index (χ4v) is 3.93. The summed E-state index contributed by atoms with van der Waals surface area (Å²) in [5, 5.41) is 0. The van der Waals surface area contributed by atoms with Crippen molar-refractivity contribution in [1.29, 1.82) is 0 Å². The van der Waals surface area contributed by atoms with Gasteiger partial charge in [-0.1, -0.05) is 37.8 Å². The van der Waals surface area contributed by atoms with E-state index in [2.05, 4.69) is 44.2 Å². The Balaban J connectivity index is 1.12. The van der Waals surface area contributed by atoms with Crippen molar-refractivity contribution in [2.75, 3.05) is 0 Å². The van der Waals surface area contributed by atoms with E-state index in [9.17, 15) is 0 Å². The van der Waals surface area contributed by atoms with Crippen LogP contribution in [-0.4, -0.2) is 19.9 Å². The molecule has 4 heterocycles. The molecule has 0 atom stereocenters. The maximum atomic E-state index is 4.47. The van der Waals surface area contributed by atoms with Gasteiger partial charge in [0, 0.05) is 24.8 Å². The largest absolute Gasteiger partial charge is 0.255 e. The van der Waals surface area contributed by atoms with E-state index in [0.717, 1.165) is 35.6 Å². The van der Waals surface area contributed by atoms with Gasteiger partial charge in [-0.15, -0.1) is 0 Å². The van der Waals surface area contributed by atoms with Crippen LogP contribution in [0.5, 0.6) is 0 Å². The van der Waals surface area contributed by atoms with Gasteiger partial charge in [-0.2, -0.15) is 0 Å². The summed E-state index contributed by atoms with van der Waals surface area (Å²) >= 11 is 0. The Kier molecular flexibility index (Phi) is 8.08. The van der Waals surface area contributed by atoms with Gasteiger partial charge in [0.25, 0.3) is 0 Å². The topological polar surface area (TPSA) is 51.6 Å². The highest BCUT2D eigenvalue weighted by molar-refractivity contribution is 5.55. The first-order valence-corrected chi connectivity index (χ1v) is 11.6.